The summed E-state index contributed by atoms with van der Waals surface area (Å²) in [4.78, 5) is 17.6. The number of halogens is 1. The topological polar surface area (TPSA) is 101 Å². The van der Waals surface area contributed by atoms with Gasteiger partial charge in [-0.1, -0.05) is 17.7 Å². The first-order valence-corrected chi connectivity index (χ1v) is 10.0. The standard InChI is InChI=1S/C21H22ClN5O3/c1-3-30-17-10-13(4-9-16(17)28)19-18(12(2)25-21-23-11-24-27(19)21)20(29)26-15-7-5-14(22)6-8-15/h4-12,18-19,28H,3H2,1-2H3,(H,26,29)(H,23,24,25)/t12-,18+,19+/m0/s1. The maximum absolute atomic E-state index is 13.3. The highest BCUT2D eigenvalue weighted by atomic mass is 35.5. The molecular formula is C21H22ClN5O3. The molecule has 2 heterocycles. The Balaban J connectivity index is 1.73. The summed E-state index contributed by atoms with van der Waals surface area (Å²) in [6.07, 6.45) is 1.45. The van der Waals surface area contributed by atoms with Crippen molar-refractivity contribution in [2.45, 2.75) is 25.9 Å². The number of nitrogens with one attached hydrogen (secondary N) is 2. The lowest BCUT2D eigenvalue weighted by atomic mass is 9.85. The van der Waals surface area contributed by atoms with E-state index in [0.717, 1.165) is 5.56 Å². The fourth-order valence-corrected chi connectivity index (χ4v) is 3.87. The summed E-state index contributed by atoms with van der Waals surface area (Å²) in [6, 6.07) is 11.4. The number of ether oxygens (including phenoxy) is 1. The van der Waals surface area contributed by atoms with E-state index >= 15 is 0 Å². The number of amides is 1. The van der Waals surface area contributed by atoms with Gasteiger partial charge in [-0.05, 0) is 55.8 Å². The molecule has 0 radical (unpaired) electrons. The van der Waals surface area contributed by atoms with E-state index in [0.29, 0.717) is 29.0 Å². The van der Waals surface area contributed by atoms with E-state index in [1.54, 1.807) is 47.1 Å². The molecule has 0 aliphatic carbocycles. The van der Waals surface area contributed by atoms with Crippen molar-refractivity contribution in [2.75, 3.05) is 17.2 Å². The van der Waals surface area contributed by atoms with E-state index in [4.69, 9.17) is 16.3 Å². The van der Waals surface area contributed by atoms with Crippen LogP contribution in [0.3, 0.4) is 0 Å². The van der Waals surface area contributed by atoms with Crippen LogP contribution < -0.4 is 15.4 Å². The Kier molecular flexibility index (Phi) is 5.50. The predicted octanol–water partition coefficient (Wildman–Crippen LogP) is 3.69. The molecule has 30 heavy (non-hydrogen) atoms. The van der Waals surface area contributed by atoms with Crippen LogP contribution in [0.4, 0.5) is 11.6 Å². The van der Waals surface area contributed by atoms with Gasteiger partial charge >= 0.3 is 0 Å². The van der Waals surface area contributed by atoms with E-state index in [9.17, 15) is 9.90 Å². The molecule has 156 valence electrons. The Morgan fingerprint density at radius 1 is 1.30 bits per heavy atom. The van der Waals surface area contributed by atoms with Gasteiger partial charge in [0, 0.05) is 16.8 Å². The molecule has 1 aromatic heterocycles. The molecule has 0 bridgehead atoms. The van der Waals surface area contributed by atoms with Gasteiger partial charge in [-0.2, -0.15) is 10.1 Å². The first-order chi connectivity index (χ1) is 14.5. The van der Waals surface area contributed by atoms with Crippen molar-refractivity contribution in [1.29, 1.82) is 0 Å². The lowest BCUT2D eigenvalue weighted by Gasteiger charge is -2.37. The summed E-state index contributed by atoms with van der Waals surface area (Å²) in [5, 5.41) is 21.2. The number of anilines is 2. The van der Waals surface area contributed by atoms with E-state index in [-0.39, 0.29) is 17.7 Å². The molecule has 0 saturated carbocycles. The van der Waals surface area contributed by atoms with Gasteiger partial charge < -0.3 is 20.5 Å². The average Bonchev–Trinajstić information content (AvgIpc) is 3.18. The minimum atomic E-state index is -0.506. The van der Waals surface area contributed by atoms with E-state index < -0.39 is 12.0 Å². The number of carbonyl (C=O) groups excluding carboxylic acids is 1. The normalized spacial score (nSPS) is 20.2. The Morgan fingerprint density at radius 2 is 2.07 bits per heavy atom. The van der Waals surface area contributed by atoms with Crippen LogP contribution in [0, 0.1) is 5.92 Å². The molecule has 0 saturated heterocycles. The third kappa shape index (κ3) is 3.78. The molecule has 9 heteroatoms. The van der Waals surface area contributed by atoms with Crippen molar-refractivity contribution in [3.63, 3.8) is 0 Å². The summed E-state index contributed by atoms with van der Waals surface area (Å²) in [6.45, 7) is 4.19. The maximum atomic E-state index is 13.3. The molecule has 0 spiro atoms. The minimum absolute atomic E-state index is 0.0450. The summed E-state index contributed by atoms with van der Waals surface area (Å²) in [5.74, 6) is 0.306. The molecule has 1 amide bonds. The largest absolute Gasteiger partial charge is 0.504 e. The number of carbonyl (C=O) groups is 1. The van der Waals surface area contributed by atoms with Gasteiger partial charge in [-0.3, -0.25) is 4.79 Å². The number of rotatable bonds is 5. The number of nitrogens with zero attached hydrogens (tertiary/aromatic N) is 3. The van der Waals surface area contributed by atoms with Gasteiger partial charge in [-0.25, -0.2) is 4.68 Å². The zero-order chi connectivity index (χ0) is 21.3. The summed E-state index contributed by atoms with van der Waals surface area (Å²) in [7, 11) is 0. The van der Waals surface area contributed by atoms with E-state index in [1.807, 2.05) is 13.8 Å². The number of aromatic hydroxyl groups is 1. The Morgan fingerprint density at radius 3 is 2.80 bits per heavy atom. The van der Waals surface area contributed by atoms with Crippen molar-refractivity contribution in [2.24, 2.45) is 5.92 Å². The van der Waals surface area contributed by atoms with Gasteiger partial charge in [0.05, 0.1) is 18.6 Å². The number of hydrogen-bond donors (Lipinski definition) is 3. The first-order valence-electron chi connectivity index (χ1n) is 9.66. The second-order valence-electron chi connectivity index (χ2n) is 7.09. The summed E-state index contributed by atoms with van der Waals surface area (Å²) >= 11 is 5.95. The number of phenolic OH excluding ortho intramolecular Hbond substituents is 1. The molecule has 1 aliphatic rings. The highest BCUT2D eigenvalue weighted by Crippen LogP contribution is 2.39. The second kappa shape index (κ2) is 8.23. The average molecular weight is 428 g/mol. The van der Waals surface area contributed by atoms with Crippen molar-refractivity contribution in [3.05, 3.63) is 59.4 Å². The van der Waals surface area contributed by atoms with Crippen LogP contribution >= 0.6 is 11.6 Å². The van der Waals surface area contributed by atoms with Gasteiger partial charge in [0.25, 0.3) is 0 Å². The van der Waals surface area contributed by atoms with Crippen LogP contribution in [-0.2, 0) is 4.79 Å². The fraction of sp³-hybridized carbons (Fsp3) is 0.286. The van der Waals surface area contributed by atoms with Gasteiger partial charge in [0.1, 0.15) is 6.33 Å². The van der Waals surface area contributed by atoms with Crippen LogP contribution in [-0.4, -0.2) is 38.4 Å². The number of fused-ring (bicyclic) bond motifs is 1. The first kappa shape index (κ1) is 20.0. The molecule has 3 aromatic rings. The molecule has 0 unspecified atom stereocenters. The minimum Gasteiger partial charge on any atom is -0.504 e. The number of phenols is 1. The predicted molar refractivity (Wildman–Crippen MR) is 114 cm³/mol. The molecule has 0 fully saturated rings. The summed E-state index contributed by atoms with van der Waals surface area (Å²) < 4.78 is 7.23. The number of aromatic nitrogens is 3. The monoisotopic (exact) mass is 427 g/mol. The van der Waals surface area contributed by atoms with Crippen LogP contribution in [0.2, 0.25) is 5.02 Å². The van der Waals surface area contributed by atoms with Crippen LogP contribution in [0.15, 0.2) is 48.8 Å². The lowest BCUT2D eigenvalue weighted by molar-refractivity contribution is -0.121. The Labute approximate surface area is 178 Å². The second-order valence-corrected chi connectivity index (χ2v) is 7.52. The van der Waals surface area contributed by atoms with Gasteiger partial charge in [0.2, 0.25) is 11.9 Å². The van der Waals surface area contributed by atoms with Crippen LogP contribution in [0.25, 0.3) is 0 Å². The molecule has 3 N–H and O–H groups in total. The molecule has 1 aliphatic heterocycles. The molecule has 2 aromatic carbocycles. The Hall–Kier alpha value is -3.26. The van der Waals surface area contributed by atoms with Crippen molar-refractivity contribution < 1.29 is 14.6 Å². The SMILES string of the molecule is CCOc1cc([C@@H]2[C@H](C(=O)Nc3ccc(Cl)cc3)[C@H](C)Nc3ncnn32)ccc1O. The number of hydrogen-bond acceptors (Lipinski definition) is 6. The molecular weight excluding hydrogens is 406 g/mol. The fourth-order valence-electron chi connectivity index (χ4n) is 3.74. The molecule has 8 nitrogen and oxygen atoms in total. The smallest absolute Gasteiger partial charge is 0.232 e. The van der Waals surface area contributed by atoms with Gasteiger partial charge in [-0.15, -0.1) is 0 Å². The quantitative estimate of drug-likeness (QED) is 0.574. The van der Waals surface area contributed by atoms with Gasteiger partial charge in [0.15, 0.2) is 11.5 Å². The van der Waals surface area contributed by atoms with Crippen molar-refractivity contribution >= 4 is 29.1 Å². The molecule has 3 atom stereocenters. The highest BCUT2D eigenvalue weighted by molar-refractivity contribution is 6.30. The van der Waals surface area contributed by atoms with Crippen molar-refractivity contribution in [3.8, 4) is 11.5 Å². The highest BCUT2D eigenvalue weighted by Gasteiger charge is 2.41. The Bertz CT molecular complexity index is 1050. The zero-order valence-electron chi connectivity index (χ0n) is 16.5. The van der Waals surface area contributed by atoms with E-state index in [2.05, 4.69) is 20.7 Å². The van der Waals surface area contributed by atoms with Crippen LogP contribution in [0.5, 0.6) is 11.5 Å². The zero-order valence-corrected chi connectivity index (χ0v) is 17.3. The van der Waals surface area contributed by atoms with Crippen LogP contribution in [0.1, 0.15) is 25.5 Å². The maximum Gasteiger partial charge on any atom is 0.232 e. The van der Waals surface area contributed by atoms with E-state index in [1.165, 1.54) is 6.33 Å². The number of benzene rings is 2. The summed E-state index contributed by atoms with van der Waals surface area (Å²) in [5.41, 5.74) is 1.44. The van der Waals surface area contributed by atoms with Crippen molar-refractivity contribution in [1.82, 2.24) is 14.8 Å². The lowest BCUT2D eigenvalue weighted by Crippen LogP contribution is -2.46. The third-order valence-corrected chi connectivity index (χ3v) is 5.36. The molecule has 4 rings (SSSR count). The third-order valence-electron chi connectivity index (χ3n) is 5.11.